The Hall–Kier alpha value is -4.18. The average molecular weight is 482 g/mol. The fourth-order valence-corrected chi connectivity index (χ4v) is 4.78. The molecule has 2 heterocycles. The number of thiazole rings is 1. The Balaban J connectivity index is 1.73. The van der Waals surface area contributed by atoms with Crippen LogP contribution in [-0.2, 0) is 9.59 Å². The number of ketones is 1. The number of aliphatic hydroxyl groups is 1. The molecule has 1 amide bonds. The van der Waals surface area contributed by atoms with Crippen LogP contribution < -0.4 is 4.90 Å². The smallest absolute Gasteiger partial charge is 0.301 e. The van der Waals surface area contributed by atoms with E-state index in [1.54, 1.807) is 0 Å². The molecular formula is C24H13F3N2O4S. The van der Waals surface area contributed by atoms with Gasteiger partial charge >= 0.3 is 5.91 Å². The fraction of sp³-hybridized carbons (Fsp3) is 0.0417. The van der Waals surface area contributed by atoms with Crippen molar-refractivity contribution >= 4 is 44.1 Å². The summed E-state index contributed by atoms with van der Waals surface area (Å²) >= 11 is 0.868. The third kappa shape index (κ3) is 3.48. The minimum Gasteiger partial charge on any atom is -0.508 e. The number of hydrogen-bond acceptors (Lipinski definition) is 6. The van der Waals surface area contributed by atoms with Crippen LogP contribution in [0.25, 0.3) is 16.0 Å². The van der Waals surface area contributed by atoms with Crippen LogP contribution in [0.3, 0.4) is 0 Å². The number of phenols is 1. The molecule has 0 bridgehead atoms. The van der Waals surface area contributed by atoms with Crippen LogP contribution in [0.15, 0.2) is 66.2 Å². The third-order valence-corrected chi connectivity index (χ3v) is 6.41. The Labute approximate surface area is 193 Å². The van der Waals surface area contributed by atoms with E-state index in [0.717, 1.165) is 40.5 Å². The number of carbonyl (C=O) groups excluding carboxylic acids is 2. The Morgan fingerprint density at radius 1 is 0.941 bits per heavy atom. The topological polar surface area (TPSA) is 90.7 Å². The Morgan fingerprint density at radius 3 is 2.26 bits per heavy atom. The third-order valence-electron chi connectivity index (χ3n) is 5.40. The van der Waals surface area contributed by atoms with Crippen molar-refractivity contribution in [1.29, 1.82) is 0 Å². The van der Waals surface area contributed by atoms with Gasteiger partial charge in [-0.25, -0.2) is 18.2 Å². The fourth-order valence-electron chi connectivity index (χ4n) is 3.78. The van der Waals surface area contributed by atoms with Gasteiger partial charge in [0.15, 0.2) is 16.8 Å². The van der Waals surface area contributed by atoms with E-state index in [1.165, 1.54) is 36.4 Å². The number of halogens is 3. The van der Waals surface area contributed by atoms with E-state index in [2.05, 4.69) is 4.98 Å². The largest absolute Gasteiger partial charge is 0.508 e. The SMILES string of the molecule is O=C1C(=O)N(c2nc3cc(F)c(F)cc3s2)C(c2ccc(O)cc2)/C1=C(\O)c1ccc(F)cc1. The second kappa shape index (κ2) is 7.99. The molecule has 170 valence electrons. The number of amides is 1. The summed E-state index contributed by atoms with van der Waals surface area (Å²) in [5.41, 5.74) is 0.275. The number of phenolic OH excluding ortho intramolecular Hbond substituents is 1. The van der Waals surface area contributed by atoms with Crippen molar-refractivity contribution < 1.29 is 33.0 Å². The summed E-state index contributed by atoms with van der Waals surface area (Å²) in [5, 5.41) is 20.6. The maximum absolute atomic E-state index is 13.7. The minimum atomic E-state index is -1.17. The molecule has 0 aliphatic carbocycles. The first-order valence-electron chi connectivity index (χ1n) is 9.86. The number of anilines is 1. The first-order chi connectivity index (χ1) is 16.2. The molecule has 2 N–H and O–H groups in total. The highest BCUT2D eigenvalue weighted by Crippen LogP contribution is 2.44. The van der Waals surface area contributed by atoms with E-state index >= 15 is 0 Å². The lowest BCUT2D eigenvalue weighted by molar-refractivity contribution is -0.132. The molecule has 1 unspecified atom stereocenters. The predicted molar refractivity (Wildman–Crippen MR) is 119 cm³/mol. The summed E-state index contributed by atoms with van der Waals surface area (Å²) in [6, 6.07) is 11.0. The summed E-state index contributed by atoms with van der Waals surface area (Å²) in [6.07, 6.45) is 0. The zero-order valence-corrected chi connectivity index (χ0v) is 17.8. The van der Waals surface area contributed by atoms with Crippen molar-refractivity contribution in [3.63, 3.8) is 0 Å². The van der Waals surface area contributed by atoms with Crippen LogP contribution in [0.5, 0.6) is 5.75 Å². The molecule has 1 saturated heterocycles. The van der Waals surface area contributed by atoms with Crippen molar-refractivity contribution in [2.75, 3.05) is 4.90 Å². The van der Waals surface area contributed by atoms with Gasteiger partial charge in [-0.05, 0) is 48.0 Å². The Morgan fingerprint density at radius 2 is 1.59 bits per heavy atom. The van der Waals surface area contributed by atoms with Gasteiger partial charge in [-0.3, -0.25) is 14.5 Å². The number of aromatic hydroxyl groups is 1. The number of aromatic nitrogens is 1. The van der Waals surface area contributed by atoms with E-state index in [9.17, 15) is 33.0 Å². The van der Waals surface area contributed by atoms with Crippen LogP contribution in [0, 0.1) is 17.5 Å². The summed E-state index contributed by atoms with van der Waals surface area (Å²) in [6.45, 7) is 0. The van der Waals surface area contributed by atoms with Gasteiger partial charge in [-0.2, -0.15) is 0 Å². The molecule has 3 aromatic carbocycles. The lowest BCUT2D eigenvalue weighted by Gasteiger charge is -2.23. The number of carbonyl (C=O) groups is 2. The monoisotopic (exact) mass is 482 g/mol. The number of fused-ring (bicyclic) bond motifs is 1. The Kier molecular flexibility index (Phi) is 5.09. The number of nitrogens with zero attached hydrogens (tertiary/aromatic N) is 2. The molecular weight excluding hydrogens is 469 g/mol. The maximum atomic E-state index is 13.7. The van der Waals surface area contributed by atoms with Gasteiger partial charge in [0.2, 0.25) is 0 Å². The lowest BCUT2D eigenvalue weighted by Crippen LogP contribution is -2.29. The summed E-state index contributed by atoms with van der Waals surface area (Å²) < 4.78 is 41.0. The van der Waals surface area contributed by atoms with Crippen molar-refractivity contribution in [2.24, 2.45) is 0 Å². The van der Waals surface area contributed by atoms with Crippen molar-refractivity contribution in [2.45, 2.75) is 6.04 Å². The summed E-state index contributed by atoms with van der Waals surface area (Å²) in [4.78, 5) is 31.4. The van der Waals surface area contributed by atoms with Crippen molar-refractivity contribution in [1.82, 2.24) is 4.98 Å². The van der Waals surface area contributed by atoms with Crippen LogP contribution in [0.2, 0.25) is 0 Å². The molecule has 1 aliphatic heterocycles. The van der Waals surface area contributed by atoms with E-state index in [-0.39, 0.29) is 32.2 Å². The van der Waals surface area contributed by atoms with Gasteiger partial charge in [0.25, 0.3) is 5.78 Å². The molecule has 1 atom stereocenters. The first kappa shape index (κ1) is 21.7. The summed E-state index contributed by atoms with van der Waals surface area (Å²) in [7, 11) is 0. The molecule has 34 heavy (non-hydrogen) atoms. The van der Waals surface area contributed by atoms with Crippen molar-refractivity contribution in [3.05, 3.63) is 94.8 Å². The van der Waals surface area contributed by atoms with Crippen molar-refractivity contribution in [3.8, 4) is 5.75 Å². The highest BCUT2D eigenvalue weighted by atomic mass is 32.1. The number of benzene rings is 3. The predicted octanol–water partition coefficient (Wildman–Crippen LogP) is 5.05. The molecule has 1 aromatic heterocycles. The molecule has 0 saturated carbocycles. The first-order valence-corrected chi connectivity index (χ1v) is 10.7. The second-order valence-electron chi connectivity index (χ2n) is 7.50. The van der Waals surface area contributed by atoms with Crippen LogP contribution in [0.1, 0.15) is 17.2 Å². The zero-order chi connectivity index (χ0) is 24.1. The van der Waals surface area contributed by atoms with Gasteiger partial charge in [-0.1, -0.05) is 23.5 Å². The van der Waals surface area contributed by atoms with E-state index in [4.69, 9.17) is 0 Å². The quantitative estimate of drug-likeness (QED) is 0.242. The number of rotatable bonds is 3. The van der Waals surface area contributed by atoms with Crippen LogP contribution in [-0.4, -0.2) is 26.9 Å². The van der Waals surface area contributed by atoms with Gasteiger partial charge in [-0.15, -0.1) is 0 Å². The number of hydrogen-bond donors (Lipinski definition) is 2. The van der Waals surface area contributed by atoms with E-state index < -0.39 is 40.9 Å². The highest BCUT2D eigenvalue weighted by Gasteiger charge is 2.48. The molecule has 1 fully saturated rings. The second-order valence-corrected chi connectivity index (χ2v) is 8.51. The van der Waals surface area contributed by atoms with Gasteiger partial charge in [0.1, 0.15) is 17.3 Å². The molecule has 10 heteroatoms. The lowest BCUT2D eigenvalue weighted by atomic mass is 9.95. The molecule has 4 aromatic rings. The molecule has 0 radical (unpaired) electrons. The Bertz CT molecular complexity index is 1460. The highest BCUT2D eigenvalue weighted by molar-refractivity contribution is 7.22. The standard InChI is InChI=1S/C24H13F3N2O4S/c25-13-5-1-12(2-6-13)21(31)19-20(11-3-7-14(30)8-4-11)29(23(33)22(19)32)24-28-17-9-15(26)16(27)10-18(17)34-24/h1-10,20,30-31H/b21-19+. The minimum absolute atomic E-state index is 0.0154. The average Bonchev–Trinajstić information content (AvgIpc) is 3.32. The van der Waals surface area contributed by atoms with Gasteiger partial charge in [0.05, 0.1) is 21.8 Å². The maximum Gasteiger partial charge on any atom is 0.301 e. The molecule has 0 spiro atoms. The van der Waals surface area contributed by atoms with Gasteiger partial charge < -0.3 is 10.2 Å². The molecule has 6 nitrogen and oxygen atoms in total. The summed E-state index contributed by atoms with van der Waals surface area (Å²) in [5.74, 6) is -5.38. The van der Waals surface area contributed by atoms with E-state index in [0.29, 0.717) is 5.56 Å². The zero-order valence-electron chi connectivity index (χ0n) is 17.0. The molecule has 5 rings (SSSR count). The van der Waals surface area contributed by atoms with E-state index in [1.807, 2.05) is 0 Å². The molecule has 1 aliphatic rings. The van der Waals surface area contributed by atoms with Crippen LogP contribution >= 0.6 is 11.3 Å². The number of aliphatic hydroxyl groups excluding tert-OH is 1. The number of Topliss-reactive ketones (excluding diaryl/α,β-unsaturated/α-hetero) is 1. The van der Waals surface area contributed by atoms with Crippen LogP contribution in [0.4, 0.5) is 18.3 Å². The van der Waals surface area contributed by atoms with Gasteiger partial charge in [0, 0.05) is 11.6 Å². The normalized spacial score (nSPS) is 17.6.